The quantitative estimate of drug-likeness (QED) is 0.551. The zero-order valence-corrected chi connectivity index (χ0v) is 12.3. The van der Waals surface area contributed by atoms with Crippen molar-refractivity contribution in [3.05, 3.63) is 0 Å². The second-order valence-electron chi connectivity index (χ2n) is 5.71. The molecular formula is C13H23N2O5-. The van der Waals surface area contributed by atoms with Gasteiger partial charge in [0, 0.05) is 25.2 Å². The summed E-state index contributed by atoms with van der Waals surface area (Å²) in [5.74, 6) is -1.11. The normalized spacial score (nSPS) is 19.6. The van der Waals surface area contributed by atoms with Crippen molar-refractivity contribution in [2.24, 2.45) is 4.99 Å². The van der Waals surface area contributed by atoms with Crippen molar-refractivity contribution in [2.75, 3.05) is 32.8 Å². The Morgan fingerprint density at radius 2 is 2.05 bits per heavy atom. The zero-order chi connectivity index (χ0) is 15.2. The average Bonchev–Trinajstić information content (AvgIpc) is 2.33. The van der Waals surface area contributed by atoms with Gasteiger partial charge in [-0.05, 0) is 6.42 Å². The number of morpholine rings is 1. The molecule has 1 atom stereocenters. The predicted octanol–water partition coefficient (Wildman–Crippen LogP) is -0.307. The van der Waals surface area contributed by atoms with Crippen molar-refractivity contribution >= 4 is 12.1 Å². The van der Waals surface area contributed by atoms with E-state index in [0.29, 0.717) is 19.8 Å². The van der Waals surface area contributed by atoms with Crippen LogP contribution < -0.4 is 5.11 Å². The summed E-state index contributed by atoms with van der Waals surface area (Å²) >= 11 is 0. The van der Waals surface area contributed by atoms with E-state index in [-0.39, 0.29) is 6.42 Å². The summed E-state index contributed by atoms with van der Waals surface area (Å²) in [7, 11) is 0. The van der Waals surface area contributed by atoms with Gasteiger partial charge in [0.15, 0.2) is 6.04 Å². The molecule has 0 aromatic rings. The minimum Gasteiger partial charge on any atom is -0.595 e. The van der Waals surface area contributed by atoms with Gasteiger partial charge in [-0.25, -0.2) is 4.79 Å². The molecule has 0 saturated carbocycles. The summed E-state index contributed by atoms with van der Waals surface area (Å²) < 4.78 is 10.2. The highest BCUT2D eigenvalue weighted by Gasteiger charge is 2.19. The first-order chi connectivity index (χ1) is 9.28. The van der Waals surface area contributed by atoms with E-state index in [4.69, 9.17) is 14.6 Å². The molecule has 0 radical (unpaired) electrons. The molecule has 0 unspecified atom stereocenters. The minimum absolute atomic E-state index is 0.286. The Balaban J connectivity index is 2.51. The molecule has 7 nitrogen and oxygen atoms in total. The summed E-state index contributed by atoms with van der Waals surface area (Å²) in [6, 6.07) is -1.06. The molecule has 1 aliphatic heterocycles. The Morgan fingerprint density at radius 1 is 1.45 bits per heavy atom. The number of carboxylic acids is 1. The minimum atomic E-state index is -1.11. The number of hydrogen-bond acceptors (Lipinski definition) is 6. The van der Waals surface area contributed by atoms with E-state index in [9.17, 15) is 9.90 Å². The van der Waals surface area contributed by atoms with Gasteiger partial charge >= 0.3 is 5.97 Å². The molecule has 1 N–H and O–H groups in total. The van der Waals surface area contributed by atoms with Gasteiger partial charge in [-0.3, -0.25) is 9.89 Å². The number of nitrogens with zero attached hydrogens (tertiary/aromatic N) is 2. The van der Waals surface area contributed by atoms with Gasteiger partial charge in [0.25, 0.3) is 0 Å². The third-order valence-electron chi connectivity index (χ3n) is 2.76. The maximum Gasteiger partial charge on any atom is 0.328 e. The Kier molecular flexibility index (Phi) is 6.22. The number of ether oxygens (including phenoxy) is 2. The summed E-state index contributed by atoms with van der Waals surface area (Å²) in [6.45, 7) is 8.57. The number of aliphatic imine (C=N–C) groups is 1. The lowest BCUT2D eigenvalue weighted by molar-refractivity contribution is -0.261. The van der Waals surface area contributed by atoms with Crippen LogP contribution in [0.2, 0.25) is 0 Å². The highest BCUT2D eigenvalue weighted by Crippen LogP contribution is 2.08. The molecule has 0 aliphatic carbocycles. The summed E-state index contributed by atoms with van der Waals surface area (Å²) in [5.41, 5.74) is -0.673. The predicted molar refractivity (Wildman–Crippen MR) is 71.6 cm³/mol. The van der Waals surface area contributed by atoms with Gasteiger partial charge in [0.1, 0.15) is 6.08 Å². The fraction of sp³-hybridized carbons (Fsp3) is 0.846. The van der Waals surface area contributed by atoms with E-state index in [1.165, 1.54) is 0 Å². The van der Waals surface area contributed by atoms with Crippen molar-refractivity contribution in [1.82, 2.24) is 4.90 Å². The second kappa shape index (κ2) is 7.44. The Hall–Kier alpha value is -1.34. The second-order valence-corrected chi connectivity index (χ2v) is 5.71. The first kappa shape index (κ1) is 16.7. The molecule has 0 bridgehead atoms. The Bertz CT molecular complexity index is 345. The highest BCUT2D eigenvalue weighted by molar-refractivity contribution is 5.76. The summed E-state index contributed by atoms with van der Waals surface area (Å²) in [4.78, 5) is 16.9. The van der Waals surface area contributed by atoms with Gasteiger partial charge < -0.3 is 19.7 Å². The van der Waals surface area contributed by atoms with Crippen LogP contribution in [0.15, 0.2) is 4.99 Å². The smallest absolute Gasteiger partial charge is 0.328 e. The van der Waals surface area contributed by atoms with Gasteiger partial charge in [0.2, 0.25) is 0 Å². The molecule has 0 aromatic heterocycles. The summed E-state index contributed by atoms with van der Waals surface area (Å²) in [6.07, 6.45) is -0.541. The first-order valence-corrected chi connectivity index (χ1v) is 6.74. The van der Waals surface area contributed by atoms with Crippen LogP contribution in [0.3, 0.4) is 0 Å². The molecule has 20 heavy (non-hydrogen) atoms. The number of carbonyl (C=O) groups is 1. The lowest BCUT2D eigenvalue weighted by Gasteiger charge is -2.30. The van der Waals surface area contributed by atoms with Gasteiger partial charge in [0.05, 0.1) is 13.2 Å². The number of carboxylic acid groups (broad SMARTS) is 1. The fourth-order valence-corrected chi connectivity index (χ4v) is 1.79. The lowest BCUT2D eigenvalue weighted by Crippen LogP contribution is -2.39. The van der Waals surface area contributed by atoms with E-state index in [2.05, 4.69) is 9.89 Å². The van der Waals surface area contributed by atoms with E-state index in [1.807, 2.05) is 0 Å². The largest absolute Gasteiger partial charge is 0.595 e. The molecule has 1 rings (SSSR count). The molecule has 0 aromatic carbocycles. The molecule has 0 spiro atoms. The third kappa shape index (κ3) is 6.72. The maximum absolute atomic E-state index is 11.5. The molecule has 1 saturated heterocycles. The van der Waals surface area contributed by atoms with Crippen LogP contribution in [0.1, 0.15) is 27.2 Å². The monoisotopic (exact) mass is 287 g/mol. The van der Waals surface area contributed by atoms with Crippen LogP contribution in [0, 0.1) is 0 Å². The van der Waals surface area contributed by atoms with Crippen molar-refractivity contribution in [3.8, 4) is 0 Å². The average molecular weight is 287 g/mol. The van der Waals surface area contributed by atoms with E-state index in [0.717, 1.165) is 13.1 Å². The van der Waals surface area contributed by atoms with Crippen LogP contribution in [0.25, 0.3) is 0 Å². The van der Waals surface area contributed by atoms with Crippen molar-refractivity contribution in [2.45, 2.75) is 38.8 Å². The number of aliphatic carboxylic acids is 1. The van der Waals surface area contributed by atoms with Crippen molar-refractivity contribution in [3.63, 3.8) is 0 Å². The third-order valence-corrected chi connectivity index (χ3v) is 2.76. The van der Waals surface area contributed by atoms with Crippen LogP contribution in [0.4, 0.5) is 0 Å². The molecular weight excluding hydrogens is 264 g/mol. The number of hydrogen-bond donors (Lipinski definition) is 1. The van der Waals surface area contributed by atoms with Crippen LogP contribution in [-0.4, -0.2) is 66.6 Å². The zero-order valence-electron chi connectivity index (χ0n) is 12.3. The molecule has 1 fully saturated rings. The molecule has 1 heterocycles. The van der Waals surface area contributed by atoms with Gasteiger partial charge in [-0.2, -0.15) is 0 Å². The van der Waals surface area contributed by atoms with E-state index in [1.54, 1.807) is 20.8 Å². The van der Waals surface area contributed by atoms with Crippen molar-refractivity contribution < 1.29 is 24.5 Å². The lowest BCUT2D eigenvalue weighted by atomic mass is 10.2. The first-order valence-electron chi connectivity index (χ1n) is 6.74. The number of rotatable bonds is 5. The van der Waals surface area contributed by atoms with Gasteiger partial charge in [-0.1, -0.05) is 20.8 Å². The standard InChI is InChI=1S/C13H24N2O5/c1-13(2,3)20-12(18)14-10(11(16)17)4-5-15-6-8-19-9-7-15/h10H,4-9H2,1-3H3,(H,14,18)(H,16,17)/p-1/t10-/m0/s1. The molecule has 0 amide bonds. The Morgan fingerprint density at radius 3 is 2.55 bits per heavy atom. The highest BCUT2D eigenvalue weighted by atomic mass is 16.6. The fourth-order valence-electron chi connectivity index (χ4n) is 1.79. The summed E-state index contributed by atoms with van der Waals surface area (Å²) in [5, 5.41) is 20.6. The molecule has 1 aliphatic rings. The molecule has 7 heteroatoms. The maximum atomic E-state index is 11.5. The topological polar surface area (TPSA) is 94.4 Å². The molecule has 116 valence electrons. The van der Waals surface area contributed by atoms with Crippen molar-refractivity contribution in [1.29, 1.82) is 0 Å². The van der Waals surface area contributed by atoms with Gasteiger partial charge in [-0.15, -0.1) is 0 Å². The van der Waals surface area contributed by atoms with E-state index >= 15 is 0 Å². The SMILES string of the molecule is CC(C)(C)OC([O-])=N[C@@H](CCN1CCOCC1)C(=O)O. The van der Waals surface area contributed by atoms with E-state index < -0.39 is 23.7 Å². The Labute approximate surface area is 119 Å². The van der Waals surface area contributed by atoms with Crippen LogP contribution in [-0.2, 0) is 14.3 Å². The van der Waals surface area contributed by atoms with Crippen LogP contribution >= 0.6 is 0 Å². The van der Waals surface area contributed by atoms with Crippen LogP contribution in [0.5, 0.6) is 0 Å².